The molecule has 2 amide bonds. The Hall–Kier alpha value is -3.35. The molecule has 0 saturated heterocycles. The third kappa shape index (κ3) is 5.19. The quantitative estimate of drug-likeness (QED) is 0.516. The second-order valence-electron chi connectivity index (χ2n) is 10.0. The van der Waals surface area contributed by atoms with Gasteiger partial charge in [-0.2, -0.15) is 0 Å². The fourth-order valence-electron chi connectivity index (χ4n) is 5.74. The number of hydrogen-bond acceptors (Lipinski definition) is 4. The van der Waals surface area contributed by atoms with Crippen molar-refractivity contribution in [2.24, 2.45) is 17.8 Å². The lowest BCUT2D eigenvalue weighted by molar-refractivity contribution is -0.144. The van der Waals surface area contributed by atoms with Gasteiger partial charge < -0.3 is 20.5 Å². The van der Waals surface area contributed by atoms with Gasteiger partial charge in [0.05, 0.1) is 11.8 Å². The van der Waals surface area contributed by atoms with E-state index in [1.165, 1.54) is 11.1 Å². The number of carboxylic acid groups (broad SMARTS) is 1. The number of aliphatic carboxylic acids is 1. The van der Waals surface area contributed by atoms with Gasteiger partial charge in [0.1, 0.15) is 6.61 Å². The molecule has 2 aliphatic rings. The highest BCUT2D eigenvalue weighted by atomic mass is 16.5. The molecule has 4 rings (SSSR count). The zero-order valence-electron chi connectivity index (χ0n) is 20.5. The summed E-state index contributed by atoms with van der Waals surface area (Å²) in [7, 11) is 0. The third-order valence-corrected chi connectivity index (χ3v) is 7.41. The van der Waals surface area contributed by atoms with E-state index in [1.807, 2.05) is 38.1 Å². The van der Waals surface area contributed by atoms with Gasteiger partial charge in [-0.15, -0.1) is 0 Å². The number of hydrogen-bond donors (Lipinski definition) is 3. The first kappa shape index (κ1) is 24.8. The summed E-state index contributed by atoms with van der Waals surface area (Å²) >= 11 is 0. The van der Waals surface area contributed by atoms with Crippen molar-refractivity contribution in [1.29, 1.82) is 0 Å². The lowest BCUT2D eigenvalue weighted by Crippen LogP contribution is -2.49. The molecule has 0 bridgehead atoms. The molecule has 3 N–H and O–H groups in total. The summed E-state index contributed by atoms with van der Waals surface area (Å²) in [5.41, 5.74) is 4.62. The second kappa shape index (κ2) is 10.5. The number of carboxylic acids is 1. The summed E-state index contributed by atoms with van der Waals surface area (Å²) in [6, 6.07) is 15.5. The molecule has 2 aromatic carbocycles. The first-order chi connectivity index (χ1) is 16.8. The average Bonchev–Trinajstić information content (AvgIpc) is 3.39. The van der Waals surface area contributed by atoms with Crippen LogP contribution in [0.4, 0.5) is 4.79 Å². The van der Waals surface area contributed by atoms with Gasteiger partial charge in [-0.25, -0.2) is 4.79 Å². The van der Waals surface area contributed by atoms with Gasteiger partial charge in [-0.1, -0.05) is 68.8 Å². The van der Waals surface area contributed by atoms with Crippen molar-refractivity contribution in [3.63, 3.8) is 0 Å². The summed E-state index contributed by atoms with van der Waals surface area (Å²) < 4.78 is 5.65. The van der Waals surface area contributed by atoms with Crippen LogP contribution in [0.15, 0.2) is 48.5 Å². The smallest absolute Gasteiger partial charge is 0.407 e. The Balaban J connectivity index is 1.35. The van der Waals surface area contributed by atoms with Gasteiger partial charge >= 0.3 is 12.1 Å². The van der Waals surface area contributed by atoms with E-state index in [0.29, 0.717) is 12.8 Å². The number of carbonyl (C=O) groups excluding carboxylic acids is 2. The molecule has 0 aromatic heterocycles. The number of ether oxygens (including phenoxy) is 1. The van der Waals surface area contributed by atoms with Gasteiger partial charge in [-0.05, 0) is 47.9 Å². The van der Waals surface area contributed by atoms with Gasteiger partial charge in [-0.3, -0.25) is 9.59 Å². The van der Waals surface area contributed by atoms with Crippen molar-refractivity contribution in [1.82, 2.24) is 10.6 Å². The standard InChI is InChI=1S/C28H34N2O5/c1-16(2)25(27(32)33)17(3)29-26(31)22-13-8-14-24(22)30-28(34)35-15-23-20-11-6-4-9-18(20)19-10-5-7-12-21(19)23/h4-7,9-12,16-17,22-25H,8,13-15H2,1-3H3,(H,29,31)(H,30,34)(H,32,33)/t17?,22-,24+,25?/m1/s1. The van der Waals surface area contributed by atoms with Gasteiger partial charge in [0.2, 0.25) is 5.91 Å². The number of fused-ring (bicyclic) bond motifs is 3. The molecule has 2 aliphatic carbocycles. The van der Waals surface area contributed by atoms with Crippen molar-refractivity contribution in [3.8, 4) is 11.1 Å². The minimum Gasteiger partial charge on any atom is -0.481 e. The van der Waals surface area contributed by atoms with E-state index in [1.54, 1.807) is 6.92 Å². The van der Waals surface area contributed by atoms with Crippen molar-refractivity contribution < 1.29 is 24.2 Å². The maximum absolute atomic E-state index is 12.9. The van der Waals surface area contributed by atoms with Crippen LogP contribution in [0, 0.1) is 17.8 Å². The molecule has 4 atom stereocenters. The van der Waals surface area contributed by atoms with Crippen LogP contribution in [0.25, 0.3) is 11.1 Å². The number of nitrogens with one attached hydrogen (secondary N) is 2. The van der Waals surface area contributed by atoms with Gasteiger partial charge in [0, 0.05) is 18.0 Å². The number of carbonyl (C=O) groups is 3. The average molecular weight is 479 g/mol. The minimum absolute atomic E-state index is 0.0272. The summed E-state index contributed by atoms with van der Waals surface area (Å²) in [5.74, 6) is -2.35. The Morgan fingerprint density at radius 3 is 2.14 bits per heavy atom. The Morgan fingerprint density at radius 1 is 0.971 bits per heavy atom. The Labute approximate surface area is 206 Å². The molecule has 0 radical (unpaired) electrons. The Kier molecular flexibility index (Phi) is 7.43. The van der Waals surface area contributed by atoms with Crippen LogP contribution in [0.2, 0.25) is 0 Å². The summed E-state index contributed by atoms with van der Waals surface area (Å²) in [6.07, 6.45) is 1.61. The number of amides is 2. The minimum atomic E-state index is -0.924. The van der Waals surface area contributed by atoms with Crippen LogP contribution in [0.1, 0.15) is 57.1 Å². The molecule has 0 aliphatic heterocycles. The van der Waals surface area contributed by atoms with Crippen LogP contribution >= 0.6 is 0 Å². The maximum Gasteiger partial charge on any atom is 0.407 e. The van der Waals surface area contributed by atoms with Crippen molar-refractivity contribution in [3.05, 3.63) is 59.7 Å². The Morgan fingerprint density at radius 2 is 1.57 bits per heavy atom. The largest absolute Gasteiger partial charge is 0.481 e. The zero-order chi connectivity index (χ0) is 25.1. The normalized spacial score (nSPS) is 20.6. The fraction of sp³-hybridized carbons (Fsp3) is 0.464. The molecule has 2 aromatic rings. The van der Waals surface area contributed by atoms with E-state index < -0.39 is 29.9 Å². The first-order valence-corrected chi connectivity index (χ1v) is 12.4. The van der Waals surface area contributed by atoms with E-state index in [2.05, 4.69) is 34.9 Å². The molecule has 186 valence electrons. The van der Waals surface area contributed by atoms with Crippen LogP contribution < -0.4 is 10.6 Å². The Bertz CT molecular complexity index is 1050. The highest BCUT2D eigenvalue weighted by Crippen LogP contribution is 2.44. The summed E-state index contributed by atoms with van der Waals surface area (Å²) in [5, 5.41) is 15.3. The van der Waals surface area contributed by atoms with E-state index >= 15 is 0 Å². The highest BCUT2D eigenvalue weighted by molar-refractivity contribution is 5.82. The molecule has 1 fully saturated rings. The van der Waals surface area contributed by atoms with Crippen LogP contribution in [0.5, 0.6) is 0 Å². The van der Waals surface area contributed by atoms with Crippen LogP contribution in [-0.4, -0.2) is 41.8 Å². The SMILES string of the molecule is CC(C)C(C(=O)O)C(C)NC(=O)[C@@H]1CCC[C@@H]1NC(=O)OCC1c2ccccc2-c2ccccc21. The number of benzene rings is 2. The summed E-state index contributed by atoms with van der Waals surface area (Å²) in [6.45, 7) is 5.60. The maximum atomic E-state index is 12.9. The highest BCUT2D eigenvalue weighted by Gasteiger charge is 2.37. The summed E-state index contributed by atoms with van der Waals surface area (Å²) in [4.78, 5) is 37.3. The molecular weight excluding hydrogens is 444 g/mol. The molecular formula is C28H34N2O5. The van der Waals surface area contributed by atoms with Crippen LogP contribution in [0.3, 0.4) is 0 Å². The lowest BCUT2D eigenvalue weighted by Gasteiger charge is -2.27. The molecule has 0 heterocycles. The van der Waals surface area contributed by atoms with E-state index in [9.17, 15) is 19.5 Å². The van der Waals surface area contributed by atoms with Crippen LogP contribution in [-0.2, 0) is 14.3 Å². The molecule has 35 heavy (non-hydrogen) atoms. The molecule has 7 heteroatoms. The molecule has 0 spiro atoms. The van der Waals surface area contributed by atoms with E-state index in [-0.39, 0.29) is 30.4 Å². The van der Waals surface area contributed by atoms with Gasteiger partial charge in [0.15, 0.2) is 0 Å². The molecule has 7 nitrogen and oxygen atoms in total. The van der Waals surface area contributed by atoms with Gasteiger partial charge in [0.25, 0.3) is 0 Å². The molecule has 2 unspecified atom stereocenters. The number of alkyl carbamates (subject to hydrolysis) is 1. The predicted molar refractivity (Wildman–Crippen MR) is 133 cm³/mol. The van der Waals surface area contributed by atoms with Crippen molar-refractivity contribution in [2.45, 2.75) is 58.0 Å². The lowest BCUT2D eigenvalue weighted by atomic mass is 9.89. The first-order valence-electron chi connectivity index (χ1n) is 12.4. The topological polar surface area (TPSA) is 105 Å². The van der Waals surface area contributed by atoms with Crippen molar-refractivity contribution >= 4 is 18.0 Å². The molecule has 1 saturated carbocycles. The zero-order valence-corrected chi connectivity index (χ0v) is 20.5. The fourth-order valence-corrected chi connectivity index (χ4v) is 5.74. The van der Waals surface area contributed by atoms with E-state index in [4.69, 9.17) is 4.74 Å². The van der Waals surface area contributed by atoms with Crippen molar-refractivity contribution in [2.75, 3.05) is 6.61 Å². The predicted octanol–water partition coefficient (Wildman–Crippen LogP) is 4.56. The van der Waals surface area contributed by atoms with E-state index in [0.717, 1.165) is 17.5 Å². The number of rotatable bonds is 8. The third-order valence-electron chi connectivity index (χ3n) is 7.41. The monoisotopic (exact) mass is 478 g/mol. The second-order valence-corrected chi connectivity index (χ2v) is 10.0.